The molecule has 0 spiro atoms. The lowest BCUT2D eigenvalue weighted by molar-refractivity contribution is 0.0706. The Bertz CT molecular complexity index is 1100. The number of halogens is 1. The van der Waals surface area contributed by atoms with E-state index >= 15 is 0 Å². The van der Waals surface area contributed by atoms with E-state index in [2.05, 4.69) is 15.5 Å². The summed E-state index contributed by atoms with van der Waals surface area (Å²) >= 11 is 1.20. The second kappa shape index (κ2) is 9.22. The molecule has 3 aromatic rings. The summed E-state index contributed by atoms with van der Waals surface area (Å²) in [6.07, 6.45) is 1.70. The second-order valence-electron chi connectivity index (χ2n) is 7.23. The molecule has 1 fully saturated rings. The molecular weight excluding hydrogens is 419 g/mol. The number of hydrogen-bond acceptors (Lipinski definition) is 6. The number of piperidine rings is 1. The first-order chi connectivity index (χ1) is 15.0. The van der Waals surface area contributed by atoms with E-state index in [4.69, 9.17) is 4.74 Å². The molecule has 1 N–H and O–H groups in total. The average molecular weight is 441 g/mol. The fraction of sp³-hybridized carbons (Fsp3) is 0.273. The van der Waals surface area contributed by atoms with Crippen LogP contribution in [-0.4, -0.2) is 47.1 Å². The number of aromatic nitrogens is 2. The van der Waals surface area contributed by atoms with E-state index < -0.39 is 11.7 Å². The van der Waals surface area contributed by atoms with Crippen molar-refractivity contribution in [3.8, 4) is 5.75 Å². The molecule has 1 aliphatic heterocycles. The lowest BCUT2D eigenvalue weighted by atomic mass is 9.98. The minimum Gasteiger partial charge on any atom is -0.497 e. The van der Waals surface area contributed by atoms with Crippen molar-refractivity contribution in [3.05, 3.63) is 69.9 Å². The van der Waals surface area contributed by atoms with Gasteiger partial charge in [-0.05, 0) is 49.2 Å². The maximum Gasteiger partial charge on any atom is 0.286 e. The van der Waals surface area contributed by atoms with Crippen molar-refractivity contribution >= 4 is 28.8 Å². The molecule has 2 heterocycles. The third kappa shape index (κ3) is 4.88. The Morgan fingerprint density at radius 1 is 1.19 bits per heavy atom. The summed E-state index contributed by atoms with van der Waals surface area (Å²) in [5.41, 5.74) is 0.932. The van der Waals surface area contributed by atoms with Gasteiger partial charge in [-0.25, -0.2) is 4.39 Å². The molecule has 1 atom stereocenters. The lowest BCUT2D eigenvalue weighted by Crippen LogP contribution is -2.39. The van der Waals surface area contributed by atoms with Gasteiger partial charge in [-0.2, -0.15) is 0 Å². The first-order valence-corrected chi connectivity index (χ1v) is 10.7. The molecule has 31 heavy (non-hydrogen) atoms. The van der Waals surface area contributed by atoms with E-state index in [9.17, 15) is 14.0 Å². The smallest absolute Gasteiger partial charge is 0.286 e. The molecule has 4 rings (SSSR count). The molecule has 0 aliphatic carbocycles. The van der Waals surface area contributed by atoms with Crippen LogP contribution >= 0.6 is 11.3 Å². The summed E-state index contributed by atoms with van der Waals surface area (Å²) in [6.45, 7) is 1.18. The van der Waals surface area contributed by atoms with Crippen LogP contribution in [0.25, 0.3) is 0 Å². The molecule has 9 heteroatoms. The van der Waals surface area contributed by atoms with Crippen molar-refractivity contribution in [1.29, 1.82) is 0 Å². The van der Waals surface area contributed by atoms with Crippen LogP contribution in [0.15, 0.2) is 48.5 Å². The van der Waals surface area contributed by atoms with Crippen molar-refractivity contribution in [3.63, 3.8) is 0 Å². The molecule has 2 aromatic carbocycles. The molecule has 0 unspecified atom stereocenters. The van der Waals surface area contributed by atoms with Gasteiger partial charge in [0.2, 0.25) is 5.01 Å². The maximum absolute atomic E-state index is 13.3. The number of carbonyl (C=O) groups is 2. The molecular formula is C22H21FN4O3S. The standard InChI is InChI=1S/C22H21FN4O3S/c1-30-18-9-2-5-14(11-18)22(29)27-10-4-6-15(13-27)20-25-26-21(31-20)19(28)24-17-8-3-7-16(23)12-17/h2-3,5,7-9,11-12,15H,4,6,10,13H2,1H3,(H,24,28)/t15-/m1/s1. The Morgan fingerprint density at radius 3 is 2.84 bits per heavy atom. The summed E-state index contributed by atoms with van der Waals surface area (Å²) in [5, 5.41) is 11.7. The predicted molar refractivity (Wildman–Crippen MR) is 115 cm³/mol. The highest BCUT2D eigenvalue weighted by Gasteiger charge is 2.28. The Labute approximate surface area is 182 Å². The van der Waals surface area contributed by atoms with Crippen LogP contribution in [0.3, 0.4) is 0 Å². The van der Waals surface area contributed by atoms with Gasteiger partial charge in [0.05, 0.1) is 7.11 Å². The fourth-order valence-electron chi connectivity index (χ4n) is 3.54. The number of ether oxygens (including phenoxy) is 1. The highest BCUT2D eigenvalue weighted by molar-refractivity contribution is 7.13. The average Bonchev–Trinajstić information content (AvgIpc) is 3.29. The summed E-state index contributed by atoms with van der Waals surface area (Å²) in [4.78, 5) is 27.2. The number of methoxy groups -OCH3 is 1. The number of nitrogens with zero attached hydrogens (tertiary/aromatic N) is 3. The third-order valence-electron chi connectivity index (χ3n) is 5.09. The molecule has 1 aromatic heterocycles. The van der Waals surface area contributed by atoms with E-state index in [1.807, 2.05) is 0 Å². The summed E-state index contributed by atoms with van der Waals surface area (Å²) in [6, 6.07) is 12.8. The minimum absolute atomic E-state index is 0.0107. The second-order valence-corrected chi connectivity index (χ2v) is 8.24. The van der Waals surface area contributed by atoms with Gasteiger partial charge in [-0.3, -0.25) is 9.59 Å². The third-order valence-corrected chi connectivity index (χ3v) is 6.18. The number of carbonyl (C=O) groups excluding carboxylic acids is 2. The van der Waals surface area contributed by atoms with Gasteiger partial charge < -0.3 is 15.0 Å². The number of nitrogens with one attached hydrogen (secondary N) is 1. The number of hydrogen-bond donors (Lipinski definition) is 1. The van der Waals surface area contributed by atoms with Gasteiger partial charge >= 0.3 is 0 Å². The van der Waals surface area contributed by atoms with Crippen molar-refractivity contribution in [2.75, 3.05) is 25.5 Å². The van der Waals surface area contributed by atoms with Gasteiger partial charge in [0.15, 0.2) is 0 Å². The van der Waals surface area contributed by atoms with Crippen LogP contribution < -0.4 is 10.1 Å². The summed E-state index contributed by atoms with van der Waals surface area (Å²) in [5.74, 6) is -0.278. The molecule has 0 radical (unpaired) electrons. The predicted octanol–water partition coefficient (Wildman–Crippen LogP) is 3.96. The molecule has 0 saturated carbocycles. The van der Waals surface area contributed by atoms with E-state index in [0.29, 0.717) is 35.1 Å². The van der Waals surface area contributed by atoms with Crippen molar-refractivity contribution < 1.29 is 18.7 Å². The molecule has 160 valence electrons. The first-order valence-electron chi connectivity index (χ1n) is 9.87. The summed E-state index contributed by atoms with van der Waals surface area (Å²) in [7, 11) is 1.57. The fourth-order valence-corrected chi connectivity index (χ4v) is 4.41. The van der Waals surface area contributed by atoms with Gasteiger partial charge in [-0.15, -0.1) is 10.2 Å². The zero-order valence-electron chi connectivity index (χ0n) is 16.9. The number of likely N-dealkylation sites (tertiary alicyclic amines) is 1. The largest absolute Gasteiger partial charge is 0.497 e. The van der Waals surface area contributed by atoms with E-state index in [1.54, 1.807) is 42.3 Å². The van der Waals surface area contributed by atoms with Crippen molar-refractivity contribution in [2.24, 2.45) is 0 Å². The van der Waals surface area contributed by atoms with Crippen LogP contribution in [0.1, 0.15) is 43.9 Å². The van der Waals surface area contributed by atoms with Gasteiger partial charge in [0.25, 0.3) is 11.8 Å². The van der Waals surface area contributed by atoms with Crippen LogP contribution in [0.4, 0.5) is 10.1 Å². The zero-order chi connectivity index (χ0) is 21.8. The molecule has 0 bridgehead atoms. The Kier molecular flexibility index (Phi) is 6.22. The highest BCUT2D eigenvalue weighted by atomic mass is 32.1. The van der Waals surface area contributed by atoms with E-state index in [0.717, 1.165) is 12.8 Å². The molecule has 1 aliphatic rings. The highest BCUT2D eigenvalue weighted by Crippen LogP contribution is 2.30. The van der Waals surface area contributed by atoms with Gasteiger partial charge in [0, 0.05) is 30.3 Å². The molecule has 1 saturated heterocycles. The topological polar surface area (TPSA) is 84.4 Å². The van der Waals surface area contributed by atoms with Crippen molar-refractivity contribution in [1.82, 2.24) is 15.1 Å². The van der Waals surface area contributed by atoms with Crippen LogP contribution in [0, 0.1) is 5.82 Å². The number of rotatable bonds is 5. The molecule has 7 nitrogen and oxygen atoms in total. The Balaban J connectivity index is 1.43. The number of anilines is 1. The summed E-state index contributed by atoms with van der Waals surface area (Å²) < 4.78 is 18.5. The normalized spacial score (nSPS) is 16.1. The number of amides is 2. The minimum atomic E-state index is -0.436. The van der Waals surface area contributed by atoms with Gasteiger partial charge in [-0.1, -0.05) is 23.5 Å². The van der Waals surface area contributed by atoms with Crippen molar-refractivity contribution in [2.45, 2.75) is 18.8 Å². The van der Waals surface area contributed by atoms with Gasteiger partial charge in [0.1, 0.15) is 16.6 Å². The SMILES string of the molecule is COc1cccc(C(=O)N2CCC[C@@H](c3nnc(C(=O)Nc4cccc(F)c4)s3)C2)c1. The zero-order valence-corrected chi connectivity index (χ0v) is 17.7. The first kappa shape index (κ1) is 20.9. The van der Waals surface area contributed by atoms with E-state index in [1.165, 1.54) is 29.5 Å². The monoisotopic (exact) mass is 440 g/mol. The van der Waals surface area contributed by atoms with E-state index in [-0.39, 0.29) is 16.8 Å². The Hall–Kier alpha value is -3.33. The molecule has 2 amide bonds. The maximum atomic E-state index is 13.3. The number of benzene rings is 2. The van der Waals surface area contributed by atoms with Crippen LogP contribution in [0.2, 0.25) is 0 Å². The Morgan fingerprint density at radius 2 is 2.03 bits per heavy atom. The van der Waals surface area contributed by atoms with Crippen LogP contribution in [-0.2, 0) is 0 Å². The quantitative estimate of drug-likeness (QED) is 0.649. The lowest BCUT2D eigenvalue weighted by Gasteiger charge is -2.31. The van der Waals surface area contributed by atoms with Crippen LogP contribution in [0.5, 0.6) is 5.75 Å².